The average molecular weight is 198 g/mol. The quantitative estimate of drug-likeness (QED) is 0.718. The third kappa shape index (κ3) is 3.66. The molecule has 3 nitrogen and oxygen atoms in total. The van der Waals surface area contributed by atoms with Crippen molar-refractivity contribution in [2.45, 2.75) is 51.5 Å². The molecule has 1 aliphatic carbocycles. The maximum atomic E-state index is 11.7. The molecular weight excluding hydrogens is 176 g/mol. The van der Waals surface area contributed by atoms with Crippen molar-refractivity contribution in [2.24, 2.45) is 11.7 Å². The van der Waals surface area contributed by atoms with Crippen molar-refractivity contribution in [1.82, 2.24) is 5.32 Å². The number of hydrogen-bond acceptors (Lipinski definition) is 2. The molecule has 0 spiro atoms. The fourth-order valence-electron chi connectivity index (χ4n) is 2.05. The van der Waals surface area contributed by atoms with Crippen LogP contribution in [0.25, 0.3) is 0 Å². The Morgan fingerprint density at radius 2 is 2.07 bits per heavy atom. The second-order valence-corrected chi connectivity index (χ2v) is 4.32. The second kappa shape index (κ2) is 6.02. The summed E-state index contributed by atoms with van der Waals surface area (Å²) in [5.41, 5.74) is 5.43. The Labute approximate surface area is 86.4 Å². The molecule has 3 N–H and O–H groups in total. The topological polar surface area (TPSA) is 55.1 Å². The minimum Gasteiger partial charge on any atom is -0.353 e. The third-order valence-electron chi connectivity index (χ3n) is 2.96. The largest absolute Gasteiger partial charge is 0.353 e. The predicted octanol–water partition coefficient (Wildman–Crippen LogP) is 1.42. The van der Waals surface area contributed by atoms with Crippen LogP contribution in [0, 0.1) is 5.92 Å². The van der Waals surface area contributed by atoms with E-state index < -0.39 is 0 Å². The first kappa shape index (κ1) is 11.5. The van der Waals surface area contributed by atoms with E-state index in [2.05, 4.69) is 5.32 Å². The van der Waals surface area contributed by atoms with Gasteiger partial charge in [-0.3, -0.25) is 4.79 Å². The van der Waals surface area contributed by atoms with E-state index in [1.165, 1.54) is 19.3 Å². The van der Waals surface area contributed by atoms with Crippen molar-refractivity contribution in [3.63, 3.8) is 0 Å². The molecule has 0 bridgehead atoms. The zero-order valence-electron chi connectivity index (χ0n) is 9.09. The van der Waals surface area contributed by atoms with Crippen LogP contribution >= 0.6 is 0 Å². The van der Waals surface area contributed by atoms with E-state index in [-0.39, 0.29) is 17.9 Å². The molecule has 0 aliphatic heterocycles. The normalized spacial score (nSPS) is 20.4. The Morgan fingerprint density at radius 1 is 1.43 bits per heavy atom. The smallest absolute Gasteiger partial charge is 0.223 e. The lowest BCUT2D eigenvalue weighted by atomic mass is 9.88. The van der Waals surface area contributed by atoms with Gasteiger partial charge in [0.1, 0.15) is 0 Å². The highest BCUT2D eigenvalue weighted by Crippen LogP contribution is 2.23. The lowest BCUT2D eigenvalue weighted by Gasteiger charge is -2.23. The molecule has 0 aromatic carbocycles. The van der Waals surface area contributed by atoms with E-state index in [1.807, 2.05) is 6.92 Å². The molecule has 0 heterocycles. The van der Waals surface area contributed by atoms with E-state index in [1.54, 1.807) is 0 Å². The Kier molecular flexibility index (Phi) is 4.94. The summed E-state index contributed by atoms with van der Waals surface area (Å²) in [5.74, 6) is 0.509. The standard InChI is InChI=1S/C11H22N2O/c1-9(7-8-12)13-11(14)10-5-3-2-4-6-10/h9-10H,2-8,12H2,1H3,(H,13,14). The van der Waals surface area contributed by atoms with Gasteiger partial charge in [-0.15, -0.1) is 0 Å². The van der Waals surface area contributed by atoms with Crippen LogP contribution < -0.4 is 11.1 Å². The number of carbonyl (C=O) groups is 1. The van der Waals surface area contributed by atoms with Crippen molar-refractivity contribution in [2.75, 3.05) is 6.54 Å². The van der Waals surface area contributed by atoms with Crippen molar-refractivity contribution in [3.05, 3.63) is 0 Å². The maximum absolute atomic E-state index is 11.7. The Bertz CT molecular complexity index is 176. The molecule has 0 saturated heterocycles. The summed E-state index contributed by atoms with van der Waals surface area (Å²) in [6.45, 7) is 2.67. The molecule has 1 rings (SSSR count). The van der Waals surface area contributed by atoms with Crippen molar-refractivity contribution in [1.29, 1.82) is 0 Å². The van der Waals surface area contributed by atoms with Gasteiger partial charge in [-0.05, 0) is 32.7 Å². The Hall–Kier alpha value is -0.570. The van der Waals surface area contributed by atoms with Gasteiger partial charge in [0.25, 0.3) is 0 Å². The van der Waals surface area contributed by atoms with Crippen LogP contribution in [0.5, 0.6) is 0 Å². The molecule has 1 amide bonds. The minimum atomic E-state index is 0.231. The van der Waals surface area contributed by atoms with Gasteiger partial charge < -0.3 is 11.1 Å². The highest BCUT2D eigenvalue weighted by molar-refractivity contribution is 5.78. The first-order valence-corrected chi connectivity index (χ1v) is 5.74. The lowest BCUT2D eigenvalue weighted by Crippen LogP contribution is -2.38. The molecule has 3 heteroatoms. The molecule has 0 aromatic heterocycles. The summed E-state index contributed by atoms with van der Waals surface area (Å²) in [6, 6.07) is 0.231. The molecule has 1 saturated carbocycles. The van der Waals surface area contributed by atoms with Gasteiger partial charge in [-0.1, -0.05) is 19.3 Å². The fraction of sp³-hybridized carbons (Fsp3) is 0.909. The maximum Gasteiger partial charge on any atom is 0.223 e. The van der Waals surface area contributed by atoms with Crippen LogP contribution in [0.3, 0.4) is 0 Å². The average Bonchev–Trinajstić information content (AvgIpc) is 2.19. The summed E-state index contributed by atoms with van der Waals surface area (Å²) in [7, 11) is 0. The van der Waals surface area contributed by atoms with Gasteiger partial charge in [0.05, 0.1) is 0 Å². The Morgan fingerprint density at radius 3 is 2.64 bits per heavy atom. The number of nitrogens with two attached hydrogens (primary N) is 1. The van der Waals surface area contributed by atoms with Crippen molar-refractivity contribution in [3.8, 4) is 0 Å². The van der Waals surface area contributed by atoms with Gasteiger partial charge in [0.15, 0.2) is 0 Å². The minimum absolute atomic E-state index is 0.231. The summed E-state index contributed by atoms with van der Waals surface area (Å²) in [6.07, 6.45) is 6.73. The molecule has 14 heavy (non-hydrogen) atoms. The summed E-state index contributed by atoms with van der Waals surface area (Å²) in [4.78, 5) is 11.7. The molecule has 0 aromatic rings. The first-order valence-electron chi connectivity index (χ1n) is 5.74. The number of nitrogens with one attached hydrogen (secondary N) is 1. The molecule has 1 fully saturated rings. The van der Waals surface area contributed by atoms with Crippen LogP contribution in [-0.4, -0.2) is 18.5 Å². The number of rotatable bonds is 4. The van der Waals surface area contributed by atoms with Gasteiger partial charge in [0, 0.05) is 12.0 Å². The molecule has 1 atom stereocenters. The van der Waals surface area contributed by atoms with E-state index in [0.29, 0.717) is 6.54 Å². The van der Waals surface area contributed by atoms with E-state index in [0.717, 1.165) is 19.3 Å². The van der Waals surface area contributed by atoms with Crippen LogP contribution in [-0.2, 0) is 4.79 Å². The predicted molar refractivity (Wildman–Crippen MR) is 57.9 cm³/mol. The van der Waals surface area contributed by atoms with E-state index in [4.69, 9.17) is 5.73 Å². The summed E-state index contributed by atoms with van der Waals surface area (Å²) >= 11 is 0. The zero-order valence-corrected chi connectivity index (χ0v) is 9.09. The van der Waals surface area contributed by atoms with E-state index in [9.17, 15) is 4.79 Å². The van der Waals surface area contributed by atoms with E-state index >= 15 is 0 Å². The number of carbonyl (C=O) groups excluding carboxylic acids is 1. The first-order chi connectivity index (χ1) is 6.74. The summed E-state index contributed by atoms with van der Waals surface area (Å²) in [5, 5.41) is 3.03. The lowest BCUT2D eigenvalue weighted by molar-refractivity contribution is -0.126. The fourth-order valence-corrected chi connectivity index (χ4v) is 2.05. The third-order valence-corrected chi connectivity index (χ3v) is 2.96. The van der Waals surface area contributed by atoms with Crippen molar-refractivity contribution < 1.29 is 4.79 Å². The van der Waals surface area contributed by atoms with Crippen LogP contribution in [0.2, 0.25) is 0 Å². The van der Waals surface area contributed by atoms with Gasteiger partial charge in [-0.25, -0.2) is 0 Å². The van der Waals surface area contributed by atoms with Crippen LogP contribution in [0.1, 0.15) is 45.4 Å². The molecule has 82 valence electrons. The number of hydrogen-bond donors (Lipinski definition) is 2. The van der Waals surface area contributed by atoms with Crippen LogP contribution in [0.4, 0.5) is 0 Å². The summed E-state index contributed by atoms with van der Waals surface area (Å²) < 4.78 is 0. The molecular formula is C11H22N2O. The Balaban J connectivity index is 2.25. The van der Waals surface area contributed by atoms with Crippen molar-refractivity contribution >= 4 is 5.91 Å². The molecule has 0 radical (unpaired) electrons. The highest BCUT2D eigenvalue weighted by atomic mass is 16.1. The molecule has 1 unspecified atom stereocenters. The SMILES string of the molecule is CC(CCN)NC(=O)C1CCCCC1. The second-order valence-electron chi connectivity index (χ2n) is 4.32. The zero-order chi connectivity index (χ0) is 10.4. The van der Waals surface area contributed by atoms with Gasteiger partial charge in [-0.2, -0.15) is 0 Å². The monoisotopic (exact) mass is 198 g/mol. The molecule has 1 aliphatic rings. The van der Waals surface area contributed by atoms with Gasteiger partial charge in [0.2, 0.25) is 5.91 Å². The number of amides is 1. The van der Waals surface area contributed by atoms with Gasteiger partial charge >= 0.3 is 0 Å². The highest BCUT2D eigenvalue weighted by Gasteiger charge is 2.21. The van der Waals surface area contributed by atoms with Crippen LogP contribution in [0.15, 0.2) is 0 Å².